The Morgan fingerprint density at radius 1 is 1.02 bits per heavy atom. The van der Waals surface area contributed by atoms with Crippen molar-refractivity contribution in [1.29, 1.82) is 5.26 Å². The number of piperidine rings is 2. The van der Waals surface area contributed by atoms with Crippen LogP contribution in [0.25, 0.3) is 10.9 Å². The van der Waals surface area contributed by atoms with E-state index in [1.54, 1.807) is 12.3 Å². The number of H-pyrrole nitrogens is 1. The topological polar surface area (TPSA) is 93.6 Å². The summed E-state index contributed by atoms with van der Waals surface area (Å²) in [5.74, 6) is -2.25. The van der Waals surface area contributed by atoms with E-state index in [1.807, 2.05) is 11.0 Å². The second kappa shape index (κ2) is 15.9. The number of carbonyl (C=O) groups is 1. The van der Waals surface area contributed by atoms with Crippen molar-refractivity contribution >= 4 is 39.8 Å². The van der Waals surface area contributed by atoms with Crippen molar-refractivity contribution in [1.82, 2.24) is 10.3 Å². The molecule has 2 N–H and O–H groups in total. The number of halogens is 3. The van der Waals surface area contributed by atoms with Crippen LogP contribution in [0, 0.1) is 28.9 Å². The number of nitriles is 1. The smallest absolute Gasteiger partial charge is 0.257 e. The first-order valence-corrected chi connectivity index (χ1v) is 16.9. The van der Waals surface area contributed by atoms with Crippen LogP contribution in [-0.4, -0.2) is 62.6 Å². The molecule has 0 bridgehead atoms. The molecule has 0 saturated carbocycles. The lowest BCUT2D eigenvalue weighted by molar-refractivity contribution is -0.177. The van der Waals surface area contributed by atoms with Gasteiger partial charge in [-0.3, -0.25) is 4.79 Å². The zero-order valence-electron chi connectivity index (χ0n) is 26.7. The average Bonchev–Trinajstić information content (AvgIpc) is 3.50. The fraction of sp³-hybridized carbons (Fsp3) is 0.543. The predicted octanol–water partition coefficient (Wildman–Crippen LogP) is 7.55. The Morgan fingerprint density at radius 2 is 1.63 bits per heavy atom. The van der Waals surface area contributed by atoms with Crippen LogP contribution in [0.15, 0.2) is 30.5 Å². The Balaban J connectivity index is 1.16. The van der Waals surface area contributed by atoms with Crippen molar-refractivity contribution in [2.45, 2.75) is 77.5 Å². The van der Waals surface area contributed by atoms with Crippen LogP contribution >= 0.6 is 11.6 Å². The summed E-state index contributed by atoms with van der Waals surface area (Å²) in [6.07, 6.45) is 8.24. The molecule has 1 amide bonds. The van der Waals surface area contributed by atoms with Crippen molar-refractivity contribution in [3.8, 4) is 6.07 Å². The Hall–Kier alpha value is -3.39. The van der Waals surface area contributed by atoms with E-state index in [9.17, 15) is 10.1 Å². The third-order valence-electron chi connectivity index (χ3n) is 9.16. The maximum Gasteiger partial charge on any atom is 0.257 e. The number of aromatic amines is 1. The maximum absolute atomic E-state index is 15.3. The Labute approximate surface area is 275 Å². The zero-order valence-corrected chi connectivity index (χ0v) is 27.5. The summed E-state index contributed by atoms with van der Waals surface area (Å²) in [4.78, 5) is 20.4. The number of hydrogen-bond donors (Lipinski definition) is 2. The fourth-order valence-corrected chi connectivity index (χ4v) is 6.72. The van der Waals surface area contributed by atoms with E-state index in [-0.39, 0.29) is 18.2 Å². The van der Waals surface area contributed by atoms with Crippen LogP contribution < -0.4 is 15.1 Å². The number of carbonyl (C=O) groups excluding carboxylic acids is 1. The van der Waals surface area contributed by atoms with Crippen LogP contribution in [0.2, 0.25) is 5.02 Å². The van der Waals surface area contributed by atoms with Gasteiger partial charge in [0.25, 0.3) is 5.91 Å². The number of benzene rings is 2. The summed E-state index contributed by atoms with van der Waals surface area (Å²) in [6, 6.07) is 8.17. The molecule has 11 heteroatoms. The molecule has 0 spiro atoms. The first-order valence-electron chi connectivity index (χ1n) is 16.6. The van der Waals surface area contributed by atoms with Gasteiger partial charge in [-0.15, -0.1) is 0 Å². The van der Waals surface area contributed by atoms with Gasteiger partial charge in [0, 0.05) is 68.6 Å². The van der Waals surface area contributed by atoms with E-state index >= 15 is 8.78 Å². The molecule has 2 aliphatic rings. The standard InChI is InChI=1S/C35H44ClF2N5O3/c1-3-5-17-45-35(46-18-6-4-2)23-9-13-42(14-10-23)26-19-28(37)32(29(38)20-26)34(44)41-25-11-15-43(16-12-25)30-8-7-27(36)31-24(21-39)22-40-33(30)31/h7-8,19-20,22-23,25,35,40H,3-6,9-18H2,1-2H3,(H,41,44). The molecule has 3 aromatic rings. The van der Waals surface area contributed by atoms with Crippen molar-refractivity contribution in [2.75, 3.05) is 49.2 Å². The van der Waals surface area contributed by atoms with Crippen LogP contribution in [0.1, 0.15) is 81.1 Å². The fourth-order valence-electron chi connectivity index (χ4n) is 6.46. The van der Waals surface area contributed by atoms with Crippen molar-refractivity contribution in [3.05, 3.63) is 58.2 Å². The lowest BCUT2D eigenvalue weighted by Crippen LogP contribution is -2.45. The van der Waals surface area contributed by atoms with Crippen LogP contribution in [0.4, 0.5) is 20.2 Å². The largest absolute Gasteiger partial charge is 0.371 e. The molecule has 0 atom stereocenters. The number of nitrogens with zero attached hydrogens (tertiary/aromatic N) is 3. The van der Waals surface area contributed by atoms with Gasteiger partial charge >= 0.3 is 0 Å². The molecule has 2 aromatic carbocycles. The van der Waals surface area contributed by atoms with E-state index < -0.39 is 23.1 Å². The molecule has 0 unspecified atom stereocenters. The van der Waals surface area contributed by atoms with E-state index in [0.717, 1.165) is 49.7 Å². The SMILES string of the molecule is CCCCOC(OCCCC)C1CCN(c2cc(F)c(C(=O)NC3CCN(c4ccc(Cl)c5c(C#N)c[nH]c45)CC3)c(F)c2)CC1. The minimum atomic E-state index is -0.862. The van der Waals surface area contributed by atoms with Gasteiger partial charge in [0.1, 0.15) is 23.3 Å². The summed E-state index contributed by atoms with van der Waals surface area (Å²) in [7, 11) is 0. The molecule has 2 fully saturated rings. The lowest BCUT2D eigenvalue weighted by atomic mass is 9.95. The average molecular weight is 656 g/mol. The molecule has 1 aromatic heterocycles. The van der Waals surface area contributed by atoms with Gasteiger partial charge in [-0.1, -0.05) is 38.3 Å². The molecule has 248 valence electrons. The number of nitrogens with one attached hydrogen (secondary N) is 2. The van der Waals surface area contributed by atoms with E-state index in [1.165, 1.54) is 12.1 Å². The maximum atomic E-state index is 15.3. The highest BCUT2D eigenvalue weighted by Gasteiger charge is 2.30. The number of rotatable bonds is 13. The Kier molecular flexibility index (Phi) is 11.8. The van der Waals surface area contributed by atoms with Gasteiger partial charge in [-0.2, -0.15) is 5.26 Å². The first kappa shape index (κ1) is 34.0. The van der Waals surface area contributed by atoms with Gasteiger partial charge in [0.2, 0.25) is 0 Å². The summed E-state index contributed by atoms with van der Waals surface area (Å²) < 4.78 is 42.8. The highest BCUT2D eigenvalue weighted by atomic mass is 35.5. The molecule has 2 saturated heterocycles. The minimum absolute atomic E-state index is 0.222. The number of unbranched alkanes of at least 4 members (excludes halogenated alkanes) is 2. The van der Waals surface area contributed by atoms with Crippen molar-refractivity contribution in [2.24, 2.45) is 5.92 Å². The molecular formula is C35H44ClF2N5O3. The molecule has 46 heavy (non-hydrogen) atoms. The second-order valence-corrected chi connectivity index (χ2v) is 12.7. The predicted molar refractivity (Wildman–Crippen MR) is 178 cm³/mol. The van der Waals surface area contributed by atoms with Crippen molar-refractivity contribution in [3.63, 3.8) is 0 Å². The normalized spacial score (nSPS) is 16.4. The third-order valence-corrected chi connectivity index (χ3v) is 9.47. The molecule has 5 rings (SSSR count). The van der Waals surface area contributed by atoms with Crippen LogP contribution in [0.5, 0.6) is 0 Å². The van der Waals surface area contributed by atoms with E-state index in [0.29, 0.717) is 73.9 Å². The second-order valence-electron chi connectivity index (χ2n) is 12.3. The number of ether oxygens (including phenoxy) is 2. The number of fused-ring (bicyclic) bond motifs is 1. The quantitative estimate of drug-likeness (QED) is 0.146. The highest BCUT2D eigenvalue weighted by Crippen LogP contribution is 2.35. The summed E-state index contributed by atoms with van der Waals surface area (Å²) >= 11 is 6.36. The van der Waals surface area contributed by atoms with Gasteiger partial charge in [0.05, 0.1) is 21.8 Å². The minimum Gasteiger partial charge on any atom is -0.371 e. The molecule has 0 aliphatic carbocycles. The van der Waals surface area contributed by atoms with Gasteiger partial charge in [-0.05, 0) is 62.8 Å². The third kappa shape index (κ3) is 7.76. The number of hydrogen-bond acceptors (Lipinski definition) is 6. The highest BCUT2D eigenvalue weighted by molar-refractivity contribution is 6.36. The molecule has 3 heterocycles. The molecule has 0 radical (unpaired) electrons. The molecular weight excluding hydrogens is 612 g/mol. The van der Waals surface area contributed by atoms with Crippen LogP contribution in [-0.2, 0) is 9.47 Å². The number of amides is 1. The Bertz CT molecular complexity index is 1490. The first-order chi connectivity index (χ1) is 22.3. The Morgan fingerprint density at radius 3 is 2.22 bits per heavy atom. The number of aromatic nitrogens is 1. The monoisotopic (exact) mass is 655 g/mol. The van der Waals surface area contributed by atoms with Crippen molar-refractivity contribution < 1.29 is 23.0 Å². The van der Waals surface area contributed by atoms with Gasteiger partial charge < -0.3 is 29.6 Å². The van der Waals surface area contributed by atoms with Crippen LogP contribution in [0.3, 0.4) is 0 Å². The summed E-state index contributed by atoms with van der Waals surface area (Å²) in [5.41, 5.74) is 2.08. The number of anilines is 2. The molecule has 8 nitrogen and oxygen atoms in total. The zero-order chi connectivity index (χ0) is 32.6. The summed E-state index contributed by atoms with van der Waals surface area (Å²) in [6.45, 7) is 8.07. The molecule has 2 aliphatic heterocycles. The lowest BCUT2D eigenvalue weighted by Gasteiger charge is -2.37. The van der Waals surface area contributed by atoms with Gasteiger partial charge in [0.15, 0.2) is 6.29 Å². The van der Waals surface area contributed by atoms with E-state index in [4.69, 9.17) is 21.1 Å². The van der Waals surface area contributed by atoms with Gasteiger partial charge in [-0.25, -0.2) is 8.78 Å². The van der Waals surface area contributed by atoms with E-state index in [2.05, 4.69) is 35.1 Å². The summed E-state index contributed by atoms with van der Waals surface area (Å²) in [5, 5.41) is 13.5.